The number of rotatable bonds is 8. The first-order valence-electron chi connectivity index (χ1n) is 11.6. The molecule has 1 aromatic heterocycles. The molecule has 2 fully saturated rings. The zero-order valence-corrected chi connectivity index (χ0v) is 22.1. The minimum atomic E-state index is -0.861. The van der Waals surface area contributed by atoms with Crippen molar-refractivity contribution < 1.29 is 14.6 Å². The Bertz CT molecular complexity index is 1260. The van der Waals surface area contributed by atoms with E-state index in [9.17, 15) is 9.90 Å². The zero-order valence-electron chi connectivity index (χ0n) is 19.6. The van der Waals surface area contributed by atoms with Gasteiger partial charge in [0.15, 0.2) is 0 Å². The minimum Gasteiger partial charge on any atom is -0.489 e. The second-order valence-electron chi connectivity index (χ2n) is 9.18. The average molecular weight is 550 g/mol. The summed E-state index contributed by atoms with van der Waals surface area (Å²) >= 11 is 1.57. The zero-order chi connectivity index (χ0) is 23.8. The summed E-state index contributed by atoms with van der Waals surface area (Å²) in [5.74, 6) is 0.437. The number of carboxylic acid groups (broad SMARTS) is 1. The maximum absolute atomic E-state index is 12.1. The van der Waals surface area contributed by atoms with Crippen molar-refractivity contribution >= 4 is 63.9 Å². The first kappa shape index (κ1) is 27.8. The molecule has 7 nitrogen and oxygen atoms in total. The monoisotopic (exact) mass is 548 g/mol. The number of benzene rings is 2. The van der Waals surface area contributed by atoms with E-state index in [4.69, 9.17) is 21.3 Å². The number of carboxylic acids is 1. The van der Waals surface area contributed by atoms with Crippen molar-refractivity contribution in [1.82, 2.24) is 4.90 Å². The third-order valence-electron chi connectivity index (χ3n) is 6.62. The van der Waals surface area contributed by atoms with Crippen LogP contribution in [0.15, 0.2) is 48.5 Å². The van der Waals surface area contributed by atoms with Crippen LogP contribution in [0.1, 0.15) is 41.2 Å². The van der Waals surface area contributed by atoms with Crippen LogP contribution < -0.4 is 10.5 Å². The Morgan fingerprint density at radius 2 is 1.83 bits per heavy atom. The molecule has 0 amide bonds. The molecule has 0 spiro atoms. The molecule has 2 aliphatic rings. The number of ether oxygens (including phenoxy) is 1. The predicted octanol–water partition coefficient (Wildman–Crippen LogP) is 5.28. The molecule has 0 radical (unpaired) electrons. The molecule has 2 aromatic carbocycles. The Labute approximate surface area is 226 Å². The maximum Gasteiger partial charge on any atom is 0.311 e. The summed E-state index contributed by atoms with van der Waals surface area (Å²) < 4.78 is 7.18. The first-order valence-corrected chi connectivity index (χ1v) is 12.4. The van der Waals surface area contributed by atoms with Crippen LogP contribution in [0.4, 0.5) is 0 Å². The van der Waals surface area contributed by atoms with Gasteiger partial charge in [-0.2, -0.15) is 0 Å². The van der Waals surface area contributed by atoms with Crippen molar-refractivity contribution in [2.75, 3.05) is 13.1 Å². The van der Waals surface area contributed by atoms with Crippen LogP contribution in [0.2, 0.25) is 0 Å². The van der Waals surface area contributed by atoms with Crippen LogP contribution in [0, 0.1) is 16.7 Å². The maximum atomic E-state index is 12.1. The molecule has 2 atom stereocenters. The summed E-state index contributed by atoms with van der Waals surface area (Å²) in [4.78, 5) is 15.2. The minimum absolute atomic E-state index is 0. The van der Waals surface area contributed by atoms with Crippen LogP contribution in [-0.4, -0.2) is 46.8 Å². The topological polar surface area (TPSA) is 123 Å². The highest BCUT2D eigenvalue weighted by molar-refractivity contribution is 7.19. The Morgan fingerprint density at radius 3 is 2.47 bits per heavy atom. The molecule has 1 aliphatic heterocycles. The van der Waals surface area contributed by atoms with Crippen molar-refractivity contribution in [3.63, 3.8) is 0 Å². The van der Waals surface area contributed by atoms with Crippen molar-refractivity contribution in [2.45, 2.75) is 37.7 Å². The third kappa shape index (κ3) is 6.11. The molecule has 10 heteroatoms. The van der Waals surface area contributed by atoms with Gasteiger partial charge in [0, 0.05) is 34.0 Å². The van der Waals surface area contributed by atoms with Gasteiger partial charge in [0.1, 0.15) is 17.7 Å². The molecule has 1 saturated heterocycles. The number of nitrogens with zero attached hydrogens (tertiary/aromatic N) is 1. The van der Waals surface area contributed by atoms with E-state index in [1.165, 1.54) is 0 Å². The van der Waals surface area contributed by atoms with Gasteiger partial charge < -0.3 is 20.5 Å². The highest BCUT2D eigenvalue weighted by Crippen LogP contribution is 2.34. The van der Waals surface area contributed by atoms with Crippen molar-refractivity contribution in [2.24, 2.45) is 11.7 Å². The van der Waals surface area contributed by atoms with Crippen LogP contribution in [0.3, 0.4) is 0 Å². The third-order valence-corrected chi connectivity index (χ3v) is 7.76. The number of halogens is 2. The number of thiophene rings is 1. The molecule has 1 aliphatic carbocycles. The number of nitrogens with two attached hydrogens (primary N) is 1. The van der Waals surface area contributed by atoms with Crippen molar-refractivity contribution in [1.29, 1.82) is 10.8 Å². The Morgan fingerprint density at radius 1 is 1.11 bits per heavy atom. The lowest BCUT2D eigenvalue weighted by Gasteiger charge is -2.19. The van der Waals surface area contributed by atoms with Gasteiger partial charge in [0.05, 0.1) is 18.3 Å². The smallest absolute Gasteiger partial charge is 0.311 e. The summed E-state index contributed by atoms with van der Waals surface area (Å²) in [6, 6.07) is 15.0. The van der Waals surface area contributed by atoms with Gasteiger partial charge in [-0.15, -0.1) is 36.2 Å². The molecular formula is C26H30Cl2N4O3S. The Hall–Kier alpha value is -2.81. The number of nitrogens with one attached hydrogen (secondary N) is 2. The molecule has 1 unspecified atom stereocenters. The molecule has 1 saturated carbocycles. The SMILES string of the molecule is Cl.Cl.N=C(N)c1ccc2sc(CC(C(=O)O)c3ccc(O[C@H]4CCN(C(=N)C5CC5)C4)cc3)cc2c1. The largest absolute Gasteiger partial charge is 0.489 e. The number of amidine groups is 2. The summed E-state index contributed by atoms with van der Waals surface area (Å²) in [6.07, 6.45) is 3.61. The Balaban J connectivity index is 0.00000180. The molecule has 0 bridgehead atoms. The lowest BCUT2D eigenvalue weighted by atomic mass is 9.95. The number of hydrogen-bond donors (Lipinski definition) is 4. The van der Waals surface area contributed by atoms with Crippen LogP contribution in [0.5, 0.6) is 5.75 Å². The number of fused-ring (bicyclic) bond motifs is 1. The number of nitrogen functional groups attached to an aromatic ring is 1. The standard InChI is InChI=1S/C26H28N4O3S.2ClH/c27-24(28)17-5-8-23-18(11-17)12-21(34-23)13-22(26(31)32)15-3-6-19(7-4-15)33-20-9-10-30(14-20)25(29)16-1-2-16;;/h3-8,11-12,16,20,22,29H,1-2,9-10,13-14H2,(H3,27,28)(H,31,32);2*1H/t20-,22?;;/m0../s1. The van der Waals surface area contributed by atoms with E-state index in [-0.39, 0.29) is 36.8 Å². The van der Waals surface area contributed by atoms with E-state index in [0.29, 0.717) is 17.9 Å². The molecule has 5 rings (SSSR count). The lowest BCUT2D eigenvalue weighted by molar-refractivity contribution is -0.138. The quantitative estimate of drug-likeness (QED) is 0.225. The van der Waals surface area contributed by atoms with Gasteiger partial charge in [-0.1, -0.05) is 12.1 Å². The van der Waals surface area contributed by atoms with E-state index >= 15 is 0 Å². The average Bonchev–Trinajstić information content (AvgIpc) is 3.43. The predicted molar refractivity (Wildman–Crippen MR) is 149 cm³/mol. The number of likely N-dealkylation sites (tertiary alicyclic amines) is 1. The van der Waals surface area contributed by atoms with E-state index < -0.39 is 11.9 Å². The molecule has 192 valence electrons. The normalized spacial score (nSPS) is 17.7. The molecule has 36 heavy (non-hydrogen) atoms. The summed E-state index contributed by atoms with van der Waals surface area (Å²) in [6.45, 7) is 1.61. The van der Waals surface area contributed by atoms with Gasteiger partial charge in [-0.05, 0) is 66.6 Å². The van der Waals surface area contributed by atoms with E-state index in [0.717, 1.165) is 64.5 Å². The summed E-state index contributed by atoms with van der Waals surface area (Å²) in [7, 11) is 0. The van der Waals surface area contributed by atoms with Crippen molar-refractivity contribution in [3.05, 3.63) is 64.5 Å². The second-order valence-corrected chi connectivity index (χ2v) is 10.3. The van der Waals surface area contributed by atoms with Gasteiger partial charge in [0.2, 0.25) is 0 Å². The number of aliphatic carboxylic acids is 1. The van der Waals surface area contributed by atoms with Crippen LogP contribution in [-0.2, 0) is 11.2 Å². The van der Waals surface area contributed by atoms with E-state index in [2.05, 4.69) is 4.90 Å². The van der Waals surface area contributed by atoms with Gasteiger partial charge in [-0.25, -0.2) is 0 Å². The lowest BCUT2D eigenvalue weighted by Crippen LogP contribution is -2.31. The molecule has 2 heterocycles. The molecular weight excluding hydrogens is 519 g/mol. The number of carbonyl (C=O) groups is 1. The fourth-order valence-electron chi connectivity index (χ4n) is 4.54. The van der Waals surface area contributed by atoms with Gasteiger partial charge in [0.25, 0.3) is 0 Å². The Kier molecular flexibility index (Phi) is 8.87. The van der Waals surface area contributed by atoms with Crippen molar-refractivity contribution in [3.8, 4) is 5.75 Å². The molecule has 3 aromatic rings. The van der Waals surface area contributed by atoms with Gasteiger partial charge in [-0.3, -0.25) is 15.6 Å². The summed E-state index contributed by atoms with van der Waals surface area (Å²) in [5.41, 5.74) is 7.00. The summed E-state index contributed by atoms with van der Waals surface area (Å²) in [5, 5.41) is 26.7. The fraction of sp³-hybridized carbons (Fsp3) is 0.346. The van der Waals surface area contributed by atoms with E-state index in [1.807, 2.05) is 48.5 Å². The van der Waals surface area contributed by atoms with E-state index in [1.54, 1.807) is 11.3 Å². The van der Waals surface area contributed by atoms with Crippen LogP contribution in [0.25, 0.3) is 10.1 Å². The fourth-order valence-corrected chi connectivity index (χ4v) is 5.63. The number of hydrogen-bond acceptors (Lipinski definition) is 5. The van der Waals surface area contributed by atoms with Gasteiger partial charge >= 0.3 is 5.97 Å². The second kappa shape index (κ2) is 11.5. The highest BCUT2D eigenvalue weighted by atomic mass is 35.5. The first-order chi connectivity index (χ1) is 16.4. The highest BCUT2D eigenvalue weighted by Gasteiger charge is 2.34. The molecule has 5 N–H and O–H groups in total. The van der Waals surface area contributed by atoms with Crippen LogP contribution >= 0.6 is 36.2 Å².